The van der Waals surface area contributed by atoms with E-state index in [1.165, 1.54) is 45.7 Å². The van der Waals surface area contributed by atoms with Gasteiger partial charge in [-0.1, -0.05) is 60.7 Å². The van der Waals surface area contributed by atoms with Crippen molar-refractivity contribution < 1.29 is 9.18 Å². The van der Waals surface area contributed by atoms with Gasteiger partial charge in [-0.2, -0.15) is 0 Å². The van der Waals surface area contributed by atoms with Gasteiger partial charge in [-0.3, -0.25) is 4.79 Å². The summed E-state index contributed by atoms with van der Waals surface area (Å²) in [7, 11) is 0. The van der Waals surface area contributed by atoms with E-state index in [0.29, 0.717) is 16.4 Å². The van der Waals surface area contributed by atoms with Gasteiger partial charge in [0, 0.05) is 22.8 Å². The van der Waals surface area contributed by atoms with Crippen LogP contribution in [0.25, 0.3) is 11.3 Å². The van der Waals surface area contributed by atoms with Crippen LogP contribution in [0.4, 0.5) is 9.52 Å². The molecule has 3 aromatic carbocycles. The Bertz CT molecular complexity index is 1320. The van der Waals surface area contributed by atoms with E-state index < -0.39 is 5.41 Å². The molecule has 1 aromatic heterocycles. The molecule has 1 N–H and O–H groups in total. The van der Waals surface area contributed by atoms with E-state index in [1.807, 2.05) is 11.4 Å². The lowest BCUT2D eigenvalue weighted by Gasteiger charge is -2.50. The van der Waals surface area contributed by atoms with Gasteiger partial charge in [-0.25, -0.2) is 9.37 Å². The lowest BCUT2D eigenvalue weighted by molar-refractivity contribution is -0.126. The maximum Gasteiger partial charge on any atom is 0.233 e. The number of nitrogens with zero attached hydrogens (tertiary/aromatic N) is 1. The second-order valence-electron chi connectivity index (χ2n) is 8.87. The van der Waals surface area contributed by atoms with Crippen LogP contribution < -0.4 is 5.32 Å². The topological polar surface area (TPSA) is 42.0 Å². The number of halogens is 1. The number of amides is 1. The van der Waals surface area contributed by atoms with Crippen LogP contribution in [0, 0.1) is 11.2 Å². The second kappa shape index (κ2) is 7.10. The van der Waals surface area contributed by atoms with Crippen molar-refractivity contribution in [3.05, 3.63) is 106 Å². The molecule has 3 aliphatic rings. The maximum atomic E-state index is 13.7. The monoisotopic (exact) mass is 440 g/mol. The zero-order valence-electron chi connectivity index (χ0n) is 17.5. The van der Waals surface area contributed by atoms with Crippen molar-refractivity contribution in [3.8, 4) is 11.3 Å². The standard InChI is InChI=1S/C27H21FN2OS/c1-27(25(31)30-26-29-23(15-32-26)16-7-6-8-17(28)13-16)14-22-18-9-2-4-11-20(18)24(27)21-12-5-3-10-19(21)22/h2-13,15,22,24H,14H2,1H3,(H,29,30,31)/t22?,24?,27-/m0/s1. The Balaban J connectivity index is 1.35. The predicted molar refractivity (Wildman–Crippen MR) is 125 cm³/mol. The zero-order chi connectivity index (χ0) is 21.9. The summed E-state index contributed by atoms with van der Waals surface area (Å²) in [4.78, 5) is 18.3. The van der Waals surface area contributed by atoms with Crippen molar-refractivity contribution in [2.75, 3.05) is 5.32 Å². The molecule has 0 unspecified atom stereocenters. The van der Waals surface area contributed by atoms with Gasteiger partial charge in [0.1, 0.15) is 5.82 Å². The van der Waals surface area contributed by atoms with Crippen molar-refractivity contribution in [3.63, 3.8) is 0 Å². The zero-order valence-corrected chi connectivity index (χ0v) is 18.3. The molecule has 1 amide bonds. The number of fused-ring (bicyclic) bond motifs is 1. The van der Waals surface area contributed by atoms with Crippen LogP contribution in [-0.4, -0.2) is 10.9 Å². The molecule has 2 bridgehead atoms. The number of hydrogen-bond donors (Lipinski definition) is 1. The molecular formula is C27H21FN2OS. The normalized spacial score (nSPS) is 22.8. The molecule has 7 rings (SSSR count). The Morgan fingerprint density at radius 1 is 1.00 bits per heavy atom. The van der Waals surface area contributed by atoms with Crippen LogP contribution in [0.1, 0.15) is 47.4 Å². The highest BCUT2D eigenvalue weighted by atomic mass is 32.1. The van der Waals surface area contributed by atoms with E-state index in [4.69, 9.17) is 0 Å². The van der Waals surface area contributed by atoms with Crippen LogP contribution >= 0.6 is 11.3 Å². The quantitative estimate of drug-likeness (QED) is 0.391. The van der Waals surface area contributed by atoms with E-state index in [9.17, 15) is 9.18 Å². The maximum absolute atomic E-state index is 13.7. The van der Waals surface area contributed by atoms with Gasteiger partial charge in [0.05, 0.1) is 11.1 Å². The second-order valence-corrected chi connectivity index (χ2v) is 9.73. The molecule has 3 nitrogen and oxygen atoms in total. The molecule has 0 spiro atoms. The minimum atomic E-state index is -0.585. The van der Waals surface area contributed by atoms with Gasteiger partial charge in [-0.15, -0.1) is 11.3 Å². The summed E-state index contributed by atoms with van der Waals surface area (Å²) in [5.41, 5.74) is 5.95. The highest BCUT2D eigenvalue weighted by molar-refractivity contribution is 7.14. The lowest BCUT2D eigenvalue weighted by Crippen LogP contribution is -2.47. The third-order valence-corrected chi connectivity index (χ3v) is 7.75. The fourth-order valence-corrected chi connectivity index (χ4v) is 6.26. The molecular weight excluding hydrogens is 419 g/mol. The molecule has 0 radical (unpaired) electrons. The summed E-state index contributed by atoms with van der Waals surface area (Å²) in [6.07, 6.45) is 0.764. The van der Waals surface area contributed by atoms with Crippen LogP contribution in [0.5, 0.6) is 0 Å². The number of anilines is 1. The lowest BCUT2D eigenvalue weighted by atomic mass is 9.52. The number of rotatable bonds is 3. The van der Waals surface area contributed by atoms with Crippen molar-refractivity contribution in [2.45, 2.75) is 25.2 Å². The minimum absolute atomic E-state index is 0.00236. The molecule has 5 heteroatoms. The summed E-state index contributed by atoms with van der Waals surface area (Å²) >= 11 is 1.37. The van der Waals surface area contributed by atoms with Gasteiger partial charge in [-0.05, 0) is 47.7 Å². The number of benzene rings is 3. The average molecular weight is 441 g/mol. The third kappa shape index (κ3) is 2.84. The van der Waals surface area contributed by atoms with E-state index in [2.05, 4.69) is 65.8 Å². The summed E-state index contributed by atoms with van der Waals surface area (Å²) in [6, 6.07) is 23.4. The summed E-state index contributed by atoms with van der Waals surface area (Å²) in [6.45, 7) is 2.08. The van der Waals surface area contributed by atoms with Crippen LogP contribution in [0.2, 0.25) is 0 Å². The molecule has 32 heavy (non-hydrogen) atoms. The van der Waals surface area contributed by atoms with E-state index >= 15 is 0 Å². The Morgan fingerprint density at radius 2 is 1.66 bits per heavy atom. The highest BCUT2D eigenvalue weighted by Gasteiger charge is 2.53. The SMILES string of the molecule is C[C@]1(C(=O)Nc2nc(-c3cccc(F)c3)cs2)CC2c3ccccc3C1c1ccccc12. The smallest absolute Gasteiger partial charge is 0.233 e. The first kappa shape index (κ1) is 19.4. The molecule has 1 heterocycles. The Labute approximate surface area is 190 Å². The molecule has 0 saturated carbocycles. The van der Waals surface area contributed by atoms with Crippen molar-refractivity contribution >= 4 is 22.4 Å². The van der Waals surface area contributed by atoms with Crippen molar-refractivity contribution in [1.29, 1.82) is 0 Å². The van der Waals surface area contributed by atoms with Gasteiger partial charge in [0.15, 0.2) is 5.13 Å². The third-order valence-electron chi connectivity index (χ3n) is 6.99. The fraction of sp³-hybridized carbons (Fsp3) is 0.185. The molecule has 0 saturated heterocycles. The number of nitrogens with one attached hydrogen (secondary N) is 1. The first-order chi connectivity index (χ1) is 15.5. The number of carbonyl (C=O) groups is 1. The fourth-order valence-electron chi connectivity index (χ4n) is 5.54. The van der Waals surface area contributed by atoms with Gasteiger partial charge < -0.3 is 5.32 Å². The summed E-state index contributed by atoms with van der Waals surface area (Å²) in [5.74, 6) is -0.106. The minimum Gasteiger partial charge on any atom is -0.301 e. The van der Waals surface area contributed by atoms with Crippen molar-refractivity contribution in [2.24, 2.45) is 5.41 Å². The number of carbonyl (C=O) groups excluding carboxylic acids is 1. The predicted octanol–water partition coefficient (Wildman–Crippen LogP) is 6.58. The molecule has 1 atom stereocenters. The largest absolute Gasteiger partial charge is 0.301 e. The van der Waals surface area contributed by atoms with Crippen LogP contribution in [-0.2, 0) is 4.79 Å². The van der Waals surface area contributed by atoms with E-state index in [0.717, 1.165) is 6.42 Å². The van der Waals surface area contributed by atoms with Crippen LogP contribution in [0.3, 0.4) is 0 Å². The number of aromatic nitrogens is 1. The van der Waals surface area contributed by atoms with Gasteiger partial charge in [0.2, 0.25) is 5.91 Å². The Morgan fingerprint density at radius 3 is 2.31 bits per heavy atom. The first-order valence-corrected chi connectivity index (χ1v) is 11.6. The highest BCUT2D eigenvalue weighted by Crippen LogP contribution is 2.61. The number of hydrogen-bond acceptors (Lipinski definition) is 3. The van der Waals surface area contributed by atoms with E-state index in [1.54, 1.807) is 6.07 Å². The summed E-state index contributed by atoms with van der Waals surface area (Å²) in [5, 5.41) is 5.47. The Kier molecular flexibility index (Phi) is 4.30. The summed E-state index contributed by atoms with van der Waals surface area (Å²) < 4.78 is 13.6. The molecule has 3 aliphatic carbocycles. The van der Waals surface area contributed by atoms with Gasteiger partial charge >= 0.3 is 0 Å². The molecule has 0 fully saturated rings. The Hall–Kier alpha value is -3.31. The van der Waals surface area contributed by atoms with Gasteiger partial charge in [0.25, 0.3) is 0 Å². The first-order valence-electron chi connectivity index (χ1n) is 10.8. The van der Waals surface area contributed by atoms with Crippen molar-refractivity contribution in [1.82, 2.24) is 4.98 Å². The average Bonchev–Trinajstić information content (AvgIpc) is 3.28. The van der Waals surface area contributed by atoms with Crippen LogP contribution in [0.15, 0.2) is 78.2 Å². The van der Waals surface area contributed by atoms with E-state index in [-0.39, 0.29) is 23.6 Å². The molecule has 0 aliphatic heterocycles. The molecule has 4 aromatic rings. The number of thiazole rings is 1. The molecule has 158 valence electrons.